The van der Waals surface area contributed by atoms with Crippen LogP contribution in [0.1, 0.15) is 42.5 Å². The van der Waals surface area contributed by atoms with Crippen molar-refractivity contribution in [3.8, 4) is 0 Å². The maximum atomic E-state index is 12.2. The molecule has 1 heterocycles. The molecule has 0 bridgehead atoms. The van der Waals surface area contributed by atoms with Crippen LogP contribution in [0.15, 0.2) is 30.3 Å². The quantitative estimate of drug-likeness (QED) is 0.725. The molecule has 3 atom stereocenters. The number of ketones is 1. The normalized spacial score (nSPS) is 33.2. The number of Topliss-reactive ketones (excluding diaryl/α,β-unsaturated/α-hetero) is 1. The molecule has 0 spiro atoms. The first-order valence-electron chi connectivity index (χ1n) is 6.58. The predicted octanol–water partition coefficient (Wildman–Crippen LogP) is 3.38. The van der Waals surface area contributed by atoms with Gasteiger partial charge < -0.3 is 0 Å². The van der Waals surface area contributed by atoms with Crippen molar-refractivity contribution in [3.05, 3.63) is 35.9 Å². The Balaban J connectivity index is 1.79. The molecular weight excluding hydrogens is 275 g/mol. The fraction of sp³-hybridized carbons (Fsp3) is 0.533. The van der Waals surface area contributed by atoms with Gasteiger partial charge in [0, 0.05) is 0 Å². The monoisotopic (exact) mass is 294 g/mol. The van der Waals surface area contributed by atoms with Gasteiger partial charge in [-0.2, -0.15) is 0 Å². The van der Waals surface area contributed by atoms with Gasteiger partial charge >= 0.3 is 109 Å². The Morgan fingerprint density at radius 3 is 2.65 bits per heavy atom. The fourth-order valence-corrected chi connectivity index (χ4v) is 6.81. The third-order valence-corrected chi connectivity index (χ3v) is 7.54. The summed E-state index contributed by atoms with van der Waals surface area (Å²) in [6, 6.07) is 10.7. The summed E-state index contributed by atoms with van der Waals surface area (Å²) in [5.74, 6) is 0.986. The molecule has 0 aromatic heterocycles. The van der Waals surface area contributed by atoms with E-state index in [4.69, 9.17) is 0 Å². The van der Waals surface area contributed by atoms with Crippen LogP contribution >= 0.6 is 0 Å². The second-order valence-electron chi connectivity index (χ2n) is 5.14. The number of hydrogen-bond acceptors (Lipinski definition) is 1. The van der Waals surface area contributed by atoms with E-state index in [0.717, 1.165) is 11.2 Å². The zero-order chi connectivity index (χ0) is 11.7. The van der Waals surface area contributed by atoms with Crippen LogP contribution in [-0.4, -0.2) is 20.7 Å². The Morgan fingerprint density at radius 2 is 1.82 bits per heavy atom. The molecule has 1 aliphatic heterocycles. The topological polar surface area (TPSA) is 17.1 Å². The van der Waals surface area contributed by atoms with Crippen molar-refractivity contribution in [1.29, 1.82) is 0 Å². The number of fused-ring (bicyclic) bond motifs is 1. The van der Waals surface area contributed by atoms with Gasteiger partial charge in [-0.05, 0) is 0 Å². The Bertz CT molecular complexity index is 401. The van der Waals surface area contributed by atoms with E-state index in [1.165, 1.54) is 31.2 Å². The van der Waals surface area contributed by atoms with Gasteiger partial charge in [-0.3, -0.25) is 0 Å². The van der Waals surface area contributed by atoms with E-state index in [1.54, 1.807) is 0 Å². The molecule has 2 fully saturated rings. The van der Waals surface area contributed by atoms with Crippen molar-refractivity contribution in [2.24, 2.45) is 5.92 Å². The molecule has 0 unspecified atom stereocenters. The molecule has 1 aromatic rings. The molecule has 1 nitrogen and oxygen atoms in total. The van der Waals surface area contributed by atoms with Crippen molar-refractivity contribution >= 4 is 20.7 Å². The molecule has 0 radical (unpaired) electrons. The van der Waals surface area contributed by atoms with E-state index in [9.17, 15) is 4.79 Å². The first kappa shape index (κ1) is 11.5. The molecule has 0 amide bonds. The number of carbonyl (C=O) groups is 1. The molecule has 1 saturated carbocycles. The Labute approximate surface area is 109 Å². The zero-order valence-electron chi connectivity index (χ0n) is 9.97. The Hall–Kier alpha value is -0.591. The van der Waals surface area contributed by atoms with Gasteiger partial charge in [0.25, 0.3) is 0 Å². The van der Waals surface area contributed by atoms with Gasteiger partial charge in [0.15, 0.2) is 0 Å². The average molecular weight is 293 g/mol. The summed E-state index contributed by atoms with van der Waals surface area (Å²) in [5.41, 5.74) is 1.39. The third-order valence-electron chi connectivity index (χ3n) is 4.01. The number of carbonyl (C=O) groups excluding carboxylic acids is 1. The molecule has 17 heavy (non-hydrogen) atoms. The Morgan fingerprint density at radius 1 is 1.06 bits per heavy atom. The van der Waals surface area contributed by atoms with Crippen LogP contribution < -0.4 is 0 Å². The van der Waals surface area contributed by atoms with Crippen LogP contribution in [0.2, 0.25) is 4.82 Å². The van der Waals surface area contributed by atoms with Gasteiger partial charge in [0.2, 0.25) is 0 Å². The maximum absolute atomic E-state index is 12.2. The molecule has 1 aromatic carbocycles. The standard InChI is InChI=1S/C15H18OSe/c16-13-10-15(11-6-2-1-3-7-11)17-14-9-5-4-8-12(13)14/h1-3,6-7,12,14-15H,4-5,8-10H2/t12-,14+,15+/m1/s1. The van der Waals surface area contributed by atoms with Crippen molar-refractivity contribution in [3.63, 3.8) is 0 Å². The van der Waals surface area contributed by atoms with Gasteiger partial charge in [-0.25, -0.2) is 0 Å². The van der Waals surface area contributed by atoms with Crippen LogP contribution in [0.5, 0.6) is 0 Å². The van der Waals surface area contributed by atoms with Gasteiger partial charge in [0.05, 0.1) is 0 Å². The van der Waals surface area contributed by atoms with E-state index in [0.29, 0.717) is 31.5 Å². The summed E-state index contributed by atoms with van der Waals surface area (Å²) in [6.45, 7) is 0. The number of hydrogen-bond donors (Lipinski definition) is 0. The predicted molar refractivity (Wildman–Crippen MR) is 70.3 cm³/mol. The van der Waals surface area contributed by atoms with Crippen molar-refractivity contribution in [2.75, 3.05) is 0 Å². The minimum atomic E-state index is 0.434. The van der Waals surface area contributed by atoms with Crippen molar-refractivity contribution in [2.45, 2.75) is 41.7 Å². The first-order chi connectivity index (χ1) is 8.34. The second-order valence-corrected chi connectivity index (χ2v) is 8.17. The molecule has 2 heteroatoms. The molecule has 1 aliphatic carbocycles. The summed E-state index contributed by atoms with van der Waals surface area (Å²) in [6.07, 6.45) is 5.91. The van der Waals surface area contributed by atoms with Gasteiger partial charge in [0.1, 0.15) is 0 Å². The Kier molecular flexibility index (Phi) is 3.35. The van der Waals surface area contributed by atoms with Crippen LogP contribution in [-0.2, 0) is 4.79 Å². The van der Waals surface area contributed by atoms with Crippen LogP contribution in [0.3, 0.4) is 0 Å². The second kappa shape index (κ2) is 4.96. The minimum absolute atomic E-state index is 0.434. The SMILES string of the molecule is O=C1C[C@@H](c2ccccc2)[Se][C@H]2CCCC[C@H]12. The van der Waals surface area contributed by atoms with E-state index in [1.807, 2.05) is 0 Å². The summed E-state index contributed by atoms with van der Waals surface area (Å²) in [7, 11) is 0. The van der Waals surface area contributed by atoms with Gasteiger partial charge in [-0.15, -0.1) is 0 Å². The molecule has 90 valence electrons. The fourth-order valence-electron chi connectivity index (χ4n) is 3.09. The number of benzene rings is 1. The molecule has 3 rings (SSSR count). The van der Waals surface area contributed by atoms with Crippen LogP contribution in [0.4, 0.5) is 0 Å². The summed E-state index contributed by atoms with van der Waals surface area (Å²) in [4.78, 5) is 13.5. The van der Waals surface area contributed by atoms with Gasteiger partial charge in [-0.1, -0.05) is 0 Å². The first-order valence-corrected chi connectivity index (χ1v) is 8.55. The third kappa shape index (κ3) is 2.34. The molecular formula is C15H18OSe. The van der Waals surface area contributed by atoms with E-state index < -0.39 is 0 Å². The molecule has 1 saturated heterocycles. The van der Waals surface area contributed by atoms with E-state index in [2.05, 4.69) is 30.3 Å². The summed E-state index contributed by atoms with van der Waals surface area (Å²) < 4.78 is 0. The molecule has 0 N–H and O–H groups in total. The zero-order valence-corrected chi connectivity index (χ0v) is 11.7. The molecule has 2 aliphatic rings. The van der Waals surface area contributed by atoms with Crippen molar-refractivity contribution < 1.29 is 4.79 Å². The van der Waals surface area contributed by atoms with Crippen molar-refractivity contribution in [1.82, 2.24) is 0 Å². The summed E-state index contributed by atoms with van der Waals surface area (Å²) >= 11 is 0.625. The summed E-state index contributed by atoms with van der Waals surface area (Å²) in [5, 5.41) is 0. The van der Waals surface area contributed by atoms with Crippen LogP contribution in [0, 0.1) is 5.92 Å². The number of rotatable bonds is 1. The van der Waals surface area contributed by atoms with Crippen LogP contribution in [0.25, 0.3) is 0 Å². The average Bonchev–Trinajstić information content (AvgIpc) is 2.40. The van der Waals surface area contributed by atoms with E-state index in [-0.39, 0.29) is 0 Å². The van der Waals surface area contributed by atoms with E-state index >= 15 is 0 Å².